The summed E-state index contributed by atoms with van der Waals surface area (Å²) in [5.74, 6) is 3.91. The largest absolute Gasteiger partial charge is 0.340 e. The zero-order chi connectivity index (χ0) is 11.2. The molecule has 2 rings (SSSR count). The highest BCUT2D eigenvalue weighted by Gasteiger charge is 2.09. The van der Waals surface area contributed by atoms with Gasteiger partial charge in [0.25, 0.3) is 0 Å². The Morgan fingerprint density at radius 3 is 2.94 bits per heavy atom. The van der Waals surface area contributed by atoms with E-state index < -0.39 is 0 Å². The van der Waals surface area contributed by atoms with Crippen molar-refractivity contribution in [1.29, 1.82) is 0 Å². The second kappa shape index (κ2) is 6.22. The van der Waals surface area contributed by atoms with Gasteiger partial charge < -0.3 is 14.7 Å². The van der Waals surface area contributed by atoms with Crippen molar-refractivity contribution >= 4 is 11.8 Å². The molecule has 0 unspecified atom stereocenters. The van der Waals surface area contributed by atoms with Crippen molar-refractivity contribution in [2.24, 2.45) is 0 Å². The summed E-state index contributed by atoms with van der Waals surface area (Å²) in [6.07, 6.45) is 0. The zero-order valence-electron chi connectivity index (χ0n) is 9.61. The third-order valence-electron chi connectivity index (χ3n) is 2.56. The van der Waals surface area contributed by atoms with Crippen LogP contribution in [0.4, 0.5) is 0 Å². The third-order valence-corrected chi connectivity index (χ3v) is 3.50. The van der Waals surface area contributed by atoms with E-state index in [1.54, 1.807) is 0 Å². The summed E-state index contributed by atoms with van der Waals surface area (Å²) >= 11 is 2.04. The number of hydrogen-bond acceptors (Lipinski definition) is 6. The molecule has 1 aromatic heterocycles. The third kappa shape index (κ3) is 3.77. The van der Waals surface area contributed by atoms with Gasteiger partial charge in [0, 0.05) is 44.6 Å². The van der Waals surface area contributed by atoms with Crippen LogP contribution < -0.4 is 5.32 Å². The predicted octanol–water partition coefficient (Wildman–Crippen LogP) is 0.516. The van der Waals surface area contributed by atoms with E-state index in [9.17, 15) is 0 Å². The van der Waals surface area contributed by atoms with Gasteiger partial charge in [0.15, 0.2) is 5.82 Å². The number of thioether (sulfide) groups is 1. The number of nitrogens with zero attached hydrogens (tertiary/aromatic N) is 3. The first-order valence-electron chi connectivity index (χ1n) is 5.64. The average Bonchev–Trinajstić information content (AvgIpc) is 2.72. The second-order valence-corrected chi connectivity index (χ2v) is 5.09. The molecule has 1 fully saturated rings. The van der Waals surface area contributed by atoms with Crippen molar-refractivity contribution < 1.29 is 4.52 Å². The molecule has 2 heterocycles. The number of rotatable bonds is 5. The molecule has 16 heavy (non-hydrogen) atoms. The molecule has 1 aliphatic rings. The molecule has 1 N–H and O–H groups in total. The molecular weight excluding hydrogens is 224 g/mol. The first-order chi connectivity index (χ1) is 7.84. The lowest BCUT2D eigenvalue weighted by Gasteiger charge is -2.25. The van der Waals surface area contributed by atoms with Crippen molar-refractivity contribution in [2.45, 2.75) is 13.5 Å². The van der Waals surface area contributed by atoms with Crippen molar-refractivity contribution in [2.75, 3.05) is 37.7 Å². The van der Waals surface area contributed by atoms with Crippen LogP contribution in [0.1, 0.15) is 11.7 Å². The van der Waals surface area contributed by atoms with E-state index in [1.807, 2.05) is 18.7 Å². The maximum Gasteiger partial charge on any atom is 0.223 e. The summed E-state index contributed by atoms with van der Waals surface area (Å²) in [7, 11) is 0. The van der Waals surface area contributed by atoms with Crippen LogP contribution in [-0.2, 0) is 6.54 Å². The monoisotopic (exact) mass is 242 g/mol. The van der Waals surface area contributed by atoms with Gasteiger partial charge in [-0.15, -0.1) is 0 Å². The molecule has 0 aliphatic carbocycles. The molecule has 1 saturated heterocycles. The molecule has 90 valence electrons. The SMILES string of the molecule is Cc1nc(CNCCN2CCSCC2)no1. The van der Waals surface area contributed by atoms with Crippen LogP contribution in [0.5, 0.6) is 0 Å². The first kappa shape index (κ1) is 11.9. The van der Waals surface area contributed by atoms with Crippen molar-refractivity contribution in [3.63, 3.8) is 0 Å². The summed E-state index contributed by atoms with van der Waals surface area (Å²) in [6.45, 7) is 7.03. The van der Waals surface area contributed by atoms with E-state index in [4.69, 9.17) is 4.52 Å². The van der Waals surface area contributed by atoms with Crippen LogP contribution in [0, 0.1) is 6.92 Å². The second-order valence-electron chi connectivity index (χ2n) is 3.86. The van der Waals surface area contributed by atoms with E-state index in [0.717, 1.165) is 18.9 Å². The summed E-state index contributed by atoms with van der Waals surface area (Å²) in [5.41, 5.74) is 0. The molecule has 5 nitrogen and oxygen atoms in total. The molecule has 0 amide bonds. The van der Waals surface area contributed by atoms with Crippen LogP contribution in [0.3, 0.4) is 0 Å². The van der Waals surface area contributed by atoms with Crippen LogP contribution in [0.15, 0.2) is 4.52 Å². The zero-order valence-corrected chi connectivity index (χ0v) is 10.4. The van der Waals surface area contributed by atoms with Gasteiger partial charge in [0.05, 0.1) is 6.54 Å². The van der Waals surface area contributed by atoms with Crippen LogP contribution in [-0.4, -0.2) is 52.7 Å². The summed E-state index contributed by atoms with van der Waals surface area (Å²) in [6, 6.07) is 0. The van der Waals surface area contributed by atoms with E-state index in [0.29, 0.717) is 12.4 Å². The van der Waals surface area contributed by atoms with Gasteiger partial charge in [-0.3, -0.25) is 0 Å². The average molecular weight is 242 g/mol. The predicted molar refractivity (Wildman–Crippen MR) is 64.5 cm³/mol. The lowest BCUT2D eigenvalue weighted by Crippen LogP contribution is -2.37. The van der Waals surface area contributed by atoms with Crippen LogP contribution in [0.2, 0.25) is 0 Å². The van der Waals surface area contributed by atoms with Crippen molar-refractivity contribution in [3.05, 3.63) is 11.7 Å². The minimum Gasteiger partial charge on any atom is -0.340 e. The minimum absolute atomic E-state index is 0.629. The van der Waals surface area contributed by atoms with Gasteiger partial charge >= 0.3 is 0 Å². The Kier molecular flexibility index (Phi) is 4.62. The summed E-state index contributed by atoms with van der Waals surface area (Å²) in [4.78, 5) is 6.63. The first-order valence-corrected chi connectivity index (χ1v) is 6.80. The maximum atomic E-state index is 4.90. The van der Waals surface area contributed by atoms with Gasteiger partial charge in [0.1, 0.15) is 0 Å². The molecule has 1 aromatic rings. The van der Waals surface area contributed by atoms with Gasteiger partial charge in [-0.25, -0.2) is 0 Å². The molecule has 0 saturated carbocycles. The lowest BCUT2D eigenvalue weighted by atomic mass is 10.4. The number of aromatic nitrogens is 2. The molecule has 0 spiro atoms. The topological polar surface area (TPSA) is 54.2 Å². The summed E-state index contributed by atoms with van der Waals surface area (Å²) in [5, 5.41) is 7.16. The fourth-order valence-corrected chi connectivity index (χ4v) is 2.65. The van der Waals surface area contributed by atoms with Crippen LogP contribution in [0.25, 0.3) is 0 Å². The highest BCUT2D eigenvalue weighted by molar-refractivity contribution is 7.99. The highest BCUT2D eigenvalue weighted by Crippen LogP contribution is 2.07. The minimum atomic E-state index is 0.629. The normalized spacial score (nSPS) is 17.8. The Bertz CT molecular complexity index is 312. The van der Waals surface area contributed by atoms with Crippen LogP contribution >= 0.6 is 11.8 Å². The van der Waals surface area contributed by atoms with E-state index in [1.165, 1.54) is 24.6 Å². The van der Waals surface area contributed by atoms with Gasteiger partial charge in [0.2, 0.25) is 5.89 Å². The maximum absolute atomic E-state index is 4.90. The number of nitrogens with one attached hydrogen (secondary N) is 1. The fraction of sp³-hybridized carbons (Fsp3) is 0.800. The standard InChI is InChI=1S/C10H18N4OS/c1-9-12-10(13-15-9)8-11-2-3-14-4-6-16-7-5-14/h11H,2-8H2,1H3. The molecule has 1 aliphatic heterocycles. The molecule has 0 radical (unpaired) electrons. The van der Waals surface area contributed by atoms with Crippen molar-refractivity contribution in [1.82, 2.24) is 20.4 Å². The molecule has 0 atom stereocenters. The quantitative estimate of drug-likeness (QED) is 0.760. The summed E-state index contributed by atoms with van der Waals surface area (Å²) < 4.78 is 4.90. The highest BCUT2D eigenvalue weighted by atomic mass is 32.2. The Morgan fingerprint density at radius 1 is 1.44 bits per heavy atom. The molecule has 6 heteroatoms. The molecular formula is C10H18N4OS. The molecule has 0 aromatic carbocycles. The Labute approximate surface area is 100.0 Å². The molecule has 0 bridgehead atoms. The lowest BCUT2D eigenvalue weighted by molar-refractivity contribution is 0.300. The number of hydrogen-bond donors (Lipinski definition) is 1. The van der Waals surface area contributed by atoms with E-state index in [-0.39, 0.29) is 0 Å². The van der Waals surface area contributed by atoms with E-state index in [2.05, 4.69) is 20.4 Å². The smallest absolute Gasteiger partial charge is 0.223 e. The van der Waals surface area contributed by atoms with Crippen molar-refractivity contribution in [3.8, 4) is 0 Å². The van der Waals surface area contributed by atoms with Gasteiger partial charge in [-0.2, -0.15) is 16.7 Å². The van der Waals surface area contributed by atoms with Gasteiger partial charge in [-0.05, 0) is 0 Å². The van der Waals surface area contributed by atoms with E-state index >= 15 is 0 Å². The number of aryl methyl sites for hydroxylation is 1. The van der Waals surface area contributed by atoms with Gasteiger partial charge in [-0.1, -0.05) is 5.16 Å². The Hall–Kier alpha value is -0.590. The fourth-order valence-electron chi connectivity index (χ4n) is 1.68. The Balaban J connectivity index is 1.57. The Morgan fingerprint density at radius 2 is 2.25 bits per heavy atom.